The Kier molecular flexibility index (Phi) is 6.28. The van der Waals surface area contributed by atoms with Gasteiger partial charge in [-0.25, -0.2) is 4.98 Å². The van der Waals surface area contributed by atoms with Crippen molar-refractivity contribution in [1.29, 1.82) is 0 Å². The lowest BCUT2D eigenvalue weighted by Crippen LogP contribution is -2.42. The van der Waals surface area contributed by atoms with Gasteiger partial charge in [-0.05, 0) is 38.3 Å². The highest BCUT2D eigenvalue weighted by atomic mass is 16.5. The molecule has 0 spiro atoms. The molecule has 2 amide bonds. The average molecular weight is 385 g/mol. The molecule has 1 aliphatic rings. The smallest absolute Gasteiger partial charge is 0.292 e. The number of nitrogens with zero attached hydrogens (tertiary/aromatic N) is 5. The van der Waals surface area contributed by atoms with Gasteiger partial charge in [0.1, 0.15) is 12.4 Å². The predicted molar refractivity (Wildman–Crippen MR) is 105 cm³/mol. The summed E-state index contributed by atoms with van der Waals surface area (Å²) >= 11 is 0. The fourth-order valence-electron chi connectivity index (χ4n) is 3.21. The van der Waals surface area contributed by atoms with Crippen LogP contribution >= 0.6 is 0 Å². The molecular formula is C20H27N5O3. The van der Waals surface area contributed by atoms with Crippen LogP contribution in [0.2, 0.25) is 0 Å². The van der Waals surface area contributed by atoms with E-state index in [-0.39, 0.29) is 24.1 Å². The zero-order valence-electron chi connectivity index (χ0n) is 16.7. The standard InChI is InChI=1S/C20H27N5O3/c1-15-13-17(28-22-15)20(27)25-12-5-8-16-7-4-9-18(21-16)23(2)10-6-11-24(3)19(26)14-25/h4,7,9,13H,5-6,8,10-12,14H2,1-3H3. The van der Waals surface area contributed by atoms with Crippen LogP contribution in [0.3, 0.4) is 0 Å². The first-order chi connectivity index (χ1) is 13.4. The molecule has 1 aliphatic heterocycles. The van der Waals surface area contributed by atoms with E-state index in [4.69, 9.17) is 9.51 Å². The minimum Gasteiger partial charge on any atom is -0.360 e. The van der Waals surface area contributed by atoms with Crippen LogP contribution in [-0.4, -0.2) is 72.0 Å². The molecule has 0 atom stereocenters. The summed E-state index contributed by atoms with van der Waals surface area (Å²) < 4.78 is 5.11. The number of hydrogen-bond acceptors (Lipinski definition) is 6. The van der Waals surface area contributed by atoms with E-state index in [1.807, 2.05) is 25.2 Å². The maximum atomic E-state index is 12.8. The second-order valence-electron chi connectivity index (χ2n) is 7.24. The second-order valence-corrected chi connectivity index (χ2v) is 7.24. The van der Waals surface area contributed by atoms with Crippen molar-refractivity contribution >= 4 is 17.6 Å². The topological polar surface area (TPSA) is 82.8 Å². The molecule has 2 bridgehead atoms. The van der Waals surface area contributed by atoms with Crippen molar-refractivity contribution in [1.82, 2.24) is 19.9 Å². The van der Waals surface area contributed by atoms with Gasteiger partial charge < -0.3 is 19.2 Å². The van der Waals surface area contributed by atoms with Crippen LogP contribution in [0.4, 0.5) is 5.82 Å². The van der Waals surface area contributed by atoms with Gasteiger partial charge in [-0.15, -0.1) is 0 Å². The minimum atomic E-state index is -0.309. The summed E-state index contributed by atoms with van der Waals surface area (Å²) in [5.74, 6) is 0.696. The molecule has 0 aromatic carbocycles. The van der Waals surface area contributed by atoms with Crippen LogP contribution < -0.4 is 4.90 Å². The van der Waals surface area contributed by atoms with E-state index in [1.165, 1.54) is 0 Å². The number of rotatable bonds is 1. The molecule has 8 heteroatoms. The molecule has 28 heavy (non-hydrogen) atoms. The van der Waals surface area contributed by atoms with Gasteiger partial charge in [-0.2, -0.15) is 0 Å². The molecule has 8 nitrogen and oxygen atoms in total. The lowest BCUT2D eigenvalue weighted by atomic mass is 10.2. The highest BCUT2D eigenvalue weighted by molar-refractivity contribution is 5.94. The van der Waals surface area contributed by atoms with Crippen molar-refractivity contribution in [3.05, 3.63) is 41.4 Å². The van der Waals surface area contributed by atoms with Crippen molar-refractivity contribution in [2.24, 2.45) is 0 Å². The number of hydrogen-bond donors (Lipinski definition) is 0. The molecule has 3 rings (SSSR count). The first-order valence-corrected chi connectivity index (χ1v) is 9.57. The molecule has 3 heterocycles. The van der Waals surface area contributed by atoms with Crippen LogP contribution in [0, 0.1) is 6.92 Å². The maximum absolute atomic E-state index is 12.8. The van der Waals surface area contributed by atoms with E-state index >= 15 is 0 Å². The Morgan fingerprint density at radius 1 is 1.11 bits per heavy atom. The second kappa shape index (κ2) is 8.86. The fraction of sp³-hybridized carbons (Fsp3) is 0.500. The van der Waals surface area contributed by atoms with E-state index in [2.05, 4.69) is 10.1 Å². The number of fused-ring (bicyclic) bond motifs is 2. The van der Waals surface area contributed by atoms with Gasteiger partial charge in [0.2, 0.25) is 11.7 Å². The average Bonchev–Trinajstić information content (AvgIpc) is 3.12. The number of aryl methyl sites for hydroxylation is 2. The molecule has 2 aromatic rings. The van der Waals surface area contributed by atoms with Crippen LogP contribution in [0.5, 0.6) is 0 Å². The zero-order valence-corrected chi connectivity index (χ0v) is 16.7. The van der Waals surface area contributed by atoms with Crippen molar-refractivity contribution in [2.45, 2.75) is 26.2 Å². The first kappa shape index (κ1) is 19.9. The summed E-state index contributed by atoms with van der Waals surface area (Å²) in [6.07, 6.45) is 2.25. The third-order valence-electron chi connectivity index (χ3n) is 4.91. The fourth-order valence-corrected chi connectivity index (χ4v) is 3.21. The molecular weight excluding hydrogens is 358 g/mol. The molecule has 0 aliphatic carbocycles. The number of aromatic nitrogens is 2. The van der Waals surface area contributed by atoms with Gasteiger partial charge in [-0.3, -0.25) is 9.59 Å². The summed E-state index contributed by atoms with van der Waals surface area (Å²) in [6, 6.07) is 7.60. The Morgan fingerprint density at radius 3 is 2.64 bits per heavy atom. The monoisotopic (exact) mass is 385 g/mol. The highest BCUT2D eigenvalue weighted by Gasteiger charge is 2.24. The van der Waals surface area contributed by atoms with Gasteiger partial charge in [0.25, 0.3) is 5.91 Å². The number of carbonyl (C=O) groups excluding carboxylic acids is 2. The SMILES string of the molecule is Cc1cc(C(=O)N2CCCc3cccc(n3)N(C)CCCN(C)C(=O)C2)on1. The minimum absolute atomic E-state index is 0.0262. The highest BCUT2D eigenvalue weighted by Crippen LogP contribution is 2.14. The molecule has 2 aromatic heterocycles. The van der Waals surface area contributed by atoms with E-state index in [0.29, 0.717) is 25.2 Å². The predicted octanol–water partition coefficient (Wildman–Crippen LogP) is 1.75. The lowest BCUT2D eigenvalue weighted by molar-refractivity contribution is -0.130. The molecule has 0 unspecified atom stereocenters. The van der Waals surface area contributed by atoms with Gasteiger partial charge in [0.05, 0.1) is 5.69 Å². The number of amides is 2. The third-order valence-corrected chi connectivity index (χ3v) is 4.91. The quantitative estimate of drug-likeness (QED) is 0.744. The lowest BCUT2D eigenvalue weighted by Gasteiger charge is -2.26. The van der Waals surface area contributed by atoms with Gasteiger partial charge in [0, 0.05) is 45.5 Å². The summed E-state index contributed by atoms with van der Waals surface area (Å²) in [5.41, 5.74) is 1.62. The van der Waals surface area contributed by atoms with E-state index in [0.717, 1.165) is 30.9 Å². The largest absolute Gasteiger partial charge is 0.360 e. The van der Waals surface area contributed by atoms with Crippen molar-refractivity contribution in [3.63, 3.8) is 0 Å². The Hall–Kier alpha value is -2.90. The Labute approximate surface area is 165 Å². The number of anilines is 1. The molecule has 150 valence electrons. The molecule has 0 saturated carbocycles. The van der Waals surface area contributed by atoms with Crippen molar-refractivity contribution in [2.75, 3.05) is 45.2 Å². The molecule has 0 radical (unpaired) electrons. The van der Waals surface area contributed by atoms with Gasteiger partial charge in [-0.1, -0.05) is 11.2 Å². The normalized spacial score (nSPS) is 16.8. The summed E-state index contributed by atoms with van der Waals surface area (Å²) in [6.45, 7) is 3.65. The van der Waals surface area contributed by atoms with Crippen LogP contribution in [0.25, 0.3) is 0 Å². The molecule has 0 saturated heterocycles. The Morgan fingerprint density at radius 2 is 1.89 bits per heavy atom. The number of pyridine rings is 1. The summed E-state index contributed by atoms with van der Waals surface area (Å²) in [4.78, 5) is 35.5. The summed E-state index contributed by atoms with van der Waals surface area (Å²) in [5, 5.41) is 3.78. The van der Waals surface area contributed by atoms with Crippen LogP contribution in [-0.2, 0) is 11.2 Å². The van der Waals surface area contributed by atoms with Crippen LogP contribution in [0.1, 0.15) is 34.8 Å². The zero-order chi connectivity index (χ0) is 20.1. The van der Waals surface area contributed by atoms with Gasteiger partial charge in [0.15, 0.2) is 0 Å². The van der Waals surface area contributed by atoms with Gasteiger partial charge >= 0.3 is 0 Å². The molecule has 0 fully saturated rings. The van der Waals surface area contributed by atoms with Crippen molar-refractivity contribution in [3.8, 4) is 0 Å². The van der Waals surface area contributed by atoms with Crippen molar-refractivity contribution < 1.29 is 14.1 Å². The van der Waals surface area contributed by atoms with E-state index in [1.54, 1.807) is 29.8 Å². The number of likely N-dealkylation sites (N-methyl/N-ethyl adjacent to an activating group) is 1. The van der Waals surface area contributed by atoms with Crippen LogP contribution in [0.15, 0.2) is 28.8 Å². The summed E-state index contributed by atoms with van der Waals surface area (Å²) in [7, 11) is 3.79. The maximum Gasteiger partial charge on any atom is 0.292 e. The Bertz CT molecular complexity index is 835. The molecule has 0 N–H and O–H groups in total. The Balaban J connectivity index is 1.80. The number of carbonyl (C=O) groups is 2. The van der Waals surface area contributed by atoms with E-state index < -0.39 is 0 Å². The third kappa shape index (κ3) is 4.88. The first-order valence-electron chi connectivity index (χ1n) is 9.57. The van der Waals surface area contributed by atoms with E-state index in [9.17, 15) is 9.59 Å².